The number of amidine groups is 1. The lowest BCUT2D eigenvalue weighted by atomic mass is 9.22. The molecular formula is C61H72B2N4O2. The van der Waals surface area contributed by atoms with Crippen molar-refractivity contribution in [2.45, 2.75) is 179 Å². The Hall–Kier alpha value is -5.10. The van der Waals surface area contributed by atoms with Crippen molar-refractivity contribution in [3.63, 3.8) is 0 Å². The third-order valence-corrected chi connectivity index (χ3v) is 18.3. The number of anilines is 1. The quantitative estimate of drug-likeness (QED) is 0.217. The highest BCUT2D eigenvalue weighted by molar-refractivity contribution is 6.85. The number of aliphatic imine (C=N–C) groups is 1. The van der Waals surface area contributed by atoms with Crippen molar-refractivity contribution in [3.05, 3.63) is 160 Å². The minimum absolute atomic E-state index is 0.0138. The van der Waals surface area contributed by atoms with Crippen LogP contribution in [0.15, 0.2) is 160 Å². The second kappa shape index (κ2) is 16.8. The Balaban J connectivity index is 1.01. The van der Waals surface area contributed by atoms with E-state index >= 15 is 0 Å². The number of rotatable bonds is 5. The molecule has 0 bridgehead atoms. The summed E-state index contributed by atoms with van der Waals surface area (Å²) in [5, 5.41) is 0. The zero-order chi connectivity index (χ0) is 46.8. The predicted molar refractivity (Wildman–Crippen MR) is 287 cm³/mol. The summed E-state index contributed by atoms with van der Waals surface area (Å²) in [6.45, 7) is 14.9. The van der Waals surface area contributed by atoms with Gasteiger partial charge in [0.2, 0.25) is 13.4 Å². The summed E-state index contributed by atoms with van der Waals surface area (Å²) < 4.78 is 14.8. The fraction of sp³-hybridized carbons (Fsp3) is 0.492. The van der Waals surface area contributed by atoms with Crippen LogP contribution in [0.4, 0.5) is 5.69 Å². The van der Waals surface area contributed by atoms with Gasteiger partial charge in [-0.25, -0.2) is 4.99 Å². The van der Waals surface area contributed by atoms with Gasteiger partial charge in [-0.05, 0) is 171 Å². The zero-order valence-electron chi connectivity index (χ0n) is 42.2. The Morgan fingerprint density at radius 2 is 1.55 bits per heavy atom. The first-order valence-electron chi connectivity index (χ1n) is 27.2. The Kier molecular flexibility index (Phi) is 10.7. The number of benzene rings is 1. The van der Waals surface area contributed by atoms with Crippen LogP contribution in [0.1, 0.15) is 137 Å². The van der Waals surface area contributed by atoms with Gasteiger partial charge in [0, 0.05) is 52.2 Å². The van der Waals surface area contributed by atoms with Gasteiger partial charge in [-0.1, -0.05) is 114 Å². The monoisotopic (exact) mass is 915 g/mol. The minimum atomic E-state index is -0.0512. The molecule has 354 valence electrons. The lowest BCUT2D eigenvalue weighted by Gasteiger charge is -2.57. The highest BCUT2D eigenvalue weighted by Gasteiger charge is 2.59. The van der Waals surface area contributed by atoms with Crippen molar-refractivity contribution < 1.29 is 9.47 Å². The molecule has 8 unspecified atom stereocenters. The maximum absolute atomic E-state index is 7.66. The van der Waals surface area contributed by atoms with Gasteiger partial charge in [0.1, 0.15) is 35.4 Å². The molecule has 1 aromatic carbocycles. The first kappa shape index (κ1) is 43.9. The molecule has 8 atom stereocenters. The molecule has 1 saturated heterocycles. The van der Waals surface area contributed by atoms with Crippen LogP contribution in [0.25, 0.3) is 0 Å². The van der Waals surface area contributed by atoms with Crippen molar-refractivity contribution >= 4 is 30.4 Å². The summed E-state index contributed by atoms with van der Waals surface area (Å²) in [7, 11) is 0. The molecule has 13 rings (SSSR count). The smallest absolute Gasteiger partial charge is 0.227 e. The van der Waals surface area contributed by atoms with E-state index in [1.54, 1.807) is 0 Å². The average molecular weight is 915 g/mol. The molecule has 7 aliphatic carbocycles. The highest BCUT2D eigenvalue weighted by atomic mass is 16.5. The molecule has 0 radical (unpaired) electrons. The number of hydrogen-bond donors (Lipinski definition) is 0. The number of ether oxygens (including phenoxy) is 2. The molecule has 12 aliphatic rings. The van der Waals surface area contributed by atoms with Gasteiger partial charge in [0.15, 0.2) is 0 Å². The second-order valence-corrected chi connectivity index (χ2v) is 24.4. The van der Waals surface area contributed by atoms with Gasteiger partial charge in [-0.3, -0.25) is 4.90 Å². The number of nitrogens with zero attached hydrogens (tertiary/aromatic N) is 4. The molecule has 5 aliphatic heterocycles. The van der Waals surface area contributed by atoms with Gasteiger partial charge >= 0.3 is 0 Å². The van der Waals surface area contributed by atoms with Crippen LogP contribution in [-0.4, -0.2) is 53.4 Å². The van der Waals surface area contributed by atoms with E-state index in [4.69, 9.17) is 14.5 Å². The number of fused-ring (bicyclic) bond motifs is 7. The lowest BCUT2D eigenvalue weighted by Crippen LogP contribution is -2.60. The average Bonchev–Trinajstić information content (AvgIpc) is 3.36. The van der Waals surface area contributed by atoms with E-state index in [1.807, 2.05) is 0 Å². The van der Waals surface area contributed by atoms with Crippen LogP contribution in [0, 0.1) is 11.3 Å². The molecule has 6 nitrogen and oxygen atoms in total. The molecule has 0 saturated carbocycles. The summed E-state index contributed by atoms with van der Waals surface area (Å²) in [5.74, 6) is 5.95. The maximum Gasteiger partial charge on any atom is 0.227 e. The molecule has 5 heterocycles. The van der Waals surface area contributed by atoms with Crippen LogP contribution < -0.4 is 15.1 Å². The summed E-state index contributed by atoms with van der Waals surface area (Å²) >= 11 is 0. The van der Waals surface area contributed by atoms with Gasteiger partial charge in [-0.15, -0.1) is 0 Å². The van der Waals surface area contributed by atoms with Gasteiger partial charge in [-0.2, -0.15) is 0 Å². The Morgan fingerprint density at radius 1 is 0.739 bits per heavy atom. The van der Waals surface area contributed by atoms with E-state index in [0.29, 0.717) is 30.5 Å². The fourth-order valence-electron chi connectivity index (χ4n) is 14.7. The van der Waals surface area contributed by atoms with Crippen LogP contribution in [0.2, 0.25) is 17.5 Å². The Morgan fingerprint density at radius 3 is 2.29 bits per heavy atom. The predicted octanol–water partition coefficient (Wildman–Crippen LogP) is 13.7. The summed E-state index contributed by atoms with van der Waals surface area (Å²) in [6.07, 6.45) is 53.5. The minimum Gasteiger partial charge on any atom is -0.488 e. The molecule has 0 N–H and O–H groups in total. The molecule has 1 aromatic rings. The molecule has 0 amide bonds. The van der Waals surface area contributed by atoms with E-state index in [-0.39, 0.29) is 41.4 Å². The van der Waals surface area contributed by atoms with Crippen LogP contribution in [-0.2, 0) is 10.2 Å². The Bertz CT molecular complexity index is 2760. The van der Waals surface area contributed by atoms with Gasteiger partial charge in [0.05, 0.1) is 0 Å². The third-order valence-electron chi connectivity index (χ3n) is 18.3. The van der Waals surface area contributed by atoms with E-state index in [1.165, 1.54) is 74.3 Å². The molecule has 0 aromatic heterocycles. The first-order valence-corrected chi connectivity index (χ1v) is 27.2. The fourth-order valence-corrected chi connectivity index (χ4v) is 14.7. The molecule has 69 heavy (non-hydrogen) atoms. The van der Waals surface area contributed by atoms with Crippen LogP contribution >= 0.6 is 0 Å². The van der Waals surface area contributed by atoms with Crippen molar-refractivity contribution in [1.82, 2.24) is 9.80 Å². The molecule has 8 heteroatoms. The first-order chi connectivity index (χ1) is 33.5. The molecular weight excluding hydrogens is 842 g/mol. The maximum atomic E-state index is 7.66. The number of allylic oxidation sites excluding steroid dienone is 17. The van der Waals surface area contributed by atoms with Crippen LogP contribution in [0.5, 0.6) is 5.75 Å². The van der Waals surface area contributed by atoms with Crippen molar-refractivity contribution in [2.24, 2.45) is 16.3 Å². The highest BCUT2D eigenvalue weighted by Crippen LogP contribution is 2.60. The summed E-state index contributed by atoms with van der Waals surface area (Å²) in [5.41, 5.74) is 12.9. The Labute approximate surface area is 413 Å². The van der Waals surface area contributed by atoms with Crippen molar-refractivity contribution in [3.8, 4) is 5.75 Å². The zero-order valence-corrected chi connectivity index (χ0v) is 42.2. The lowest BCUT2D eigenvalue weighted by molar-refractivity contribution is 0.118. The SMILES string of the molecule is CC(C)(C)c1cc2c3c(c1)N(C1=CC=CCC1)C1=C(CC4B5C6=C(CC(C(C)(C)C)C=C6OC6C=C(N(C7=CC=CCC7)C7CC=CCC7)CCC56)N(C5CC=CCC5)C4=N1)B3C1C=CC=CC1O2. The largest absolute Gasteiger partial charge is 0.488 e. The van der Waals surface area contributed by atoms with Crippen molar-refractivity contribution in [1.29, 1.82) is 0 Å². The van der Waals surface area contributed by atoms with Gasteiger partial charge < -0.3 is 19.3 Å². The molecule has 0 spiro atoms. The summed E-state index contributed by atoms with van der Waals surface area (Å²) in [6, 6.07) is 5.78. The summed E-state index contributed by atoms with van der Waals surface area (Å²) in [4.78, 5) is 14.7. The van der Waals surface area contributed by atoms with Crippen molar-refractivity contribution in [2.75, 3.05) is 4.90 Å². The van der Waals surface area contributed by atoms with Gasteiger partial charge in [0.25, 0.3) is 0 Å². The van der Waals surface area contributed by atoms with E-state index < -0.39 is 0 Å². The third kappa shape index (κ3) is 7.29. The van der Waals surface area contributed by atoms with E-state index in [9.17, 15) is 0 Å². The topological polar surface area (TPSA) is 40.5 Å². The number of hydrogen-bond acceptors (Lipinski definition) is 6. The second-order valence-electron chi connectivity index (χ2n) is 24.4. The van der Waals surface area contributed by atoms with Crippen LogP contribution in [0.3, 0.4) is 0 Å². The normalized spacial score (nSPS) is 31.8. The standard InChI is InChI=1S/C61H72B2N4O2/c1-60(2,3)39-33-50-56-54(35-39)68-52-30-20-19-29-46(52)62(56)48-38-49-59(64-58(48)66(50)43-25-15-9-16-26-43)67(44-27-17-10-18-28-44)51-34-40(61(4,5)6)36-55-57(51)63(49)47-32-31-45(37-53(47)69-55)65(41-21-11-7-12-22-41)42-23-13-8-14-24-42/h7-11,13,15,17,19-21,25,29-30,33,35-37,40,42,44,46-47,49,52-53H,12,14,16,18,22-24,26-28,31-32,34,38H2,1-6H3. The molecule has 1 fully saturated rings. The van der Waals surface area contributed by atoms with E-state index in [0.717, 1.165) is 89.2 Å². The van der Waals surface area contributed by atoms with E-state index in [2.05, 4.69) is 166 Å².